The first-order valence-electron chi connectivity index (χ1n) is 13.7. The number of anilines is 1. The van der Waals surface area contributed by atoms with Gasteiger partial charge in [0.1, 0.15) is 22.9 Å². The summed E-state index contributed by atoms with van der Waals surface area (Å²) in [6, 6.07) is 3.01. The van der Waals surface area contributed by atoms with Crippen molar-refractivity contribution in [1.29, 1.82) is 0 Å². The van der Waals surface area contributed by atoms with Crippen LogP contribution < -0.4 is 5.32 Å². The monoisotopic (exact) mass is 551 g/mol. The number of hydrogen-bond acceptors (Lipinski definition) is 7. The van der Waals surface area contributed by atoms with Gasteiger partial charge in [-0.15, -0.1) is 0 Å². The van der Waals surface area contributed by atoms with E-state index in [1.807, 2.05) is 38.3 Å². The molecule has 3 aromatic rings. The maximum Gasteiger partial charge on any atom is 0.229 e. The predicted molar refractivity (Wildman–Crippen MR) is 156 cm³/mol. The number of benzene rings is 1. The molecule has 0 bridgehead atoms. The van der Waals surface area contributed by atoms with Crippen LogP contribution in [0.2, 0.25) is 0 Å². The molecule has 40 heavy (non-hydrogen) atoms. The molecule has 10 heteroatoms. The first kappa shape index (κ1) is 29.5. The fourth-order valence-electron chi connectivity index (χ4n) is 5.56. The SMILES string of the molecule is C=N/C(=C\C=C(/C)[C@@H](OC)C1CCN(CC)CC1)Nc1ncc(F)c(-c2cc(F)c3nc(C)n(C(C)C)c3c2)n1. The summed E-state index contributed by atoms with van der Waals surface area (Å²) in [6.45, 7) is 16.9. The number of aromatic nitrogens is 4. The van der Waals surface area contributed by atoms with Gasteiger partial charge in [0.15, 0.2) is 11.6 Å². The standard InChI is InChI=1S/C30H39F2N7O/c1-8-38-13-11-21(12-14-38)29(40-7)19(4)9-10-26(33-6)36-30-34-17-24(32)27(37-30)22-15-23(31)28-25(16-22)39(18(2)3)20(5)35-28/h9-10,15-18,21,29H,6,8,11-14H2,1-5,7H3,(H,34,36,37)/b19-9+,26-10+/t29-/m1/s1. The topological polar surface area (TPSA) is 80.5 Å². The Morgan fingerprint density at radius 3 is 2.55 bits per heavy atom. The molecule has 0 amide bonds. The molecule has 1 saturated heterocycles. The molecule has 2 aromatic heterocycles. The second-order valence-corrected chi connectivity index (χ2v) is 10.5. The number of aryl methyl sites for hydroxylation is 1. The van der Waals surface area contributed by atoms with Crippen molar-refractivity contribution in [3.8, 4) is 11.3 Å². The Morgan fingerprint density at radius 2 is 1.93 bits per heavy atom. The number of aliphatic imine (C=N–C) groups is 1. The van der Waals surface area contributed by atoms with E-state index < -0.39 is 11.6 Å². The summed E-state index contributed by atoms with van der Waals surface area (Å²) in [5.41, 5.74) is 2.16. The van der Waals surface area contributed by atoms with Crippen molar-refractivity contribution in [3.63, 3.8) is 0 Å². The molecule has 0 spiro atoms. The number of rotatable bonds is 10. The molecule has 1 atom stereocenters. The molecule has 0 aliphatic carbocycles. The fraction of sp³-hybridized carbons (Fsp3) is 0.467. The molecule has 0 unspecified atom stereocenters. The Balaban J connectivity index is 1.58. The number of hydrogen-bond donors (Lipinski definition) is 1. The number of fused-ring (bicyclic) bond motifs is 1. The number of allylic oxidation sites excluding steroid dienone is 2. The van der Waals surface area contributed by atoms with Crippen LogP contribution in [0.15, 0.2) is 46.9 Å². The minimum absolute atomic E-state index is 0.00252. The zero-order chi connectivity index (χ0) is 29.0. The number of nitrogens with one attached hydrogen (secondary N) is 1. The number of ether oxygens (including phenoxy) is 1. The van der Waals surface area contributed by atoms with Gasteiger partial charge in [-0.25, -0.2) is 28.7 Å². The van der Waals surface area contributed by atoms with Gasteiger partial charge in [0.25, 0.3) is 0 Å². The van der Waals surface area contributed by atoms with Crippen molar-refractivity contribution in [1.82, 2.24) is 24.4 Å². The van der Waals surface area contributed by atoms with Crippen LogP contribution in [0.3, 0.4) is 0 Å². The van der Waals surface area contributed by atoms with Crippen LogP contribution in [0.5, 0.6) is 0 Å². The largest absolute Gasteiger partial charge is 0.377 e. The summed E-state index contributed by atoms with van der Waals surface area (Å²) in [5.74, 6) is 0.435. The lowest BCUT2D eigenvalue weighted by atomic mass is 9.87. The summed E-state index contributed by atoms with van der Waals surface area (Å²) >= 11 is 0. The van der Waals surface area contributed by atoms with Crippen molar-refractivity contribution in [2.24, 2.45) is 10.9 Å². The van der Waals surface area contributed by atoms with Gasteiger partial charge in [0.2, 0.25) is 5.95 Å². The smallest absolute Gasteiger partial charge is 0.229 e. The van der Waals surface area contributed by atoms with Crippen molar-refractivity contribution in [2.45, 2.75) is 59.6 Å². The number of likely N-dealkylation sites (tertiary alicyclic amines) is 1. The van der Waals surface area contributed by atoms with Crippen LogP contribution in [0, 0.1) is 24.5 Å². The van der Waals surface area contributed by atoms with E-state index in [-0.39, 0.29) is 29.3 Å². The molecule has 214 valence electrons. The van der Waals surface area contributed by atoms with E-state index >= 15 is 4.39 Å². The summed E-state index contributed by atoms with van der Waals surface area (Å²) in [5, 5.41) is 3.00. The van der Waals surface area contributed by atoms with Gasteiger partial charge in [0, 0.05) is 18.7 Å². The van der Waals surface area contributed by atoms with Crippen LogP contribution in [0.4, 0.5) is 14.7 Å². The molecule has 1 fully saturated rings. The summed E-state index contributed by atoms with van der Waals surface area (Å²) in [7, 11) is 1.74. The molecule has 3 heterocycles. The third-order valence-electron chi connectivity index (χ3n) is 7.58. The highest BCUT2D eigenvalue weighted by atomic mass is 19.1. The molecular weight excluding hydrogens is 512 g/mol. The normalized spacial score (nSPS) is 16.6. The number of halogens is 2. The molecule has 0 radical (unpaired) electrons. The van der Waals surface area contributed by atoms with E-state index in [0.29, 0.717) is 28.6 Å². The zero-order valence-electron chi connectivity index (χ0n) is 24.2. The van der Waals surface area contributed by atoms with Gasteiger partial charge >= 0.3 is 0 Å². The van der Waals surface area contributed by atoms with Gasteiger partial charge in [0.05, 0.1) is 17.8 Å². The predicted octanol–water partition coefficient (Wildman–Crippen LogP) is 6.31. The molecule has 1 aliphatic rings. The summed E-state index contributed by atoms with van der Waals surface area (Å²) < 4.78 is 37.7. The van der Waals surface area contributed by atoms with Crippen LogP contribution in [0.25, 0.3) is 22.3 Å². The maximum atomic E-state index is 15.0. The lowest BCUT2D eigenvalue weighted by Crippen LogP contribution is -2.38. The minimum Gasteiger partial charge on any atom is -0.377 e. The Labute approximate surface area is 234 Å². The Hall–Kier alpha value is -3.50. The van der Waals surface area contributed by atoms with E-state index in [4.69, 9.17) is 4.74 Å². The number of methoxy groups -OCH3 is 1. The third kappa shape index (κ3) is 6.28. The van der Waals surface area contributed by atoms with Gasteiger partial charge in [-0.2, -0.15) is 0 Å². The summed E-state index contributed by atoms with van der Waals surface area (Å²) in [6.07, 6.45) is 6.95. The molecule has 4 rings (SSSR count). The average Bonchev–Trinajstić information content (AvgIpc) is 3.29. The molecule has 1 aliphatic heterocycles. The second kappa shape index (κ2) is 12.8. The number of nitrogens with zero attached hydrogens (tertiary/aromatic N) is 6. The average molecular weight is 552 g/mol. The highest BCUT2D eigenvalue weighted by Crippen LogP contribution is 2.31. The van der Waals surface area contributed by atoms with E-state index in [0.717, 1.165) is 44.2 Å². The van der Waals surface area contributed by atoms with Gasteiger partial charge in [-0.3, -0.25) is 0 Å². The maximum absolute atomic E-state index is 15.0. The highest BCUT2D eigenvalue weighted by Gasteiger charge is 2.27. The van der Waals surface area contributed by atoms with Crippen LogP contribution in [0.1, 0.15) is 52.4 Å². The Kier molecular flexibility index (Phi) is 9.42. The first-order chi connectivity index (χ1) is 19.2. The Morgan fingerprint density at radius 1 is 1.20 bits per heavy atom. The van der Waals surface area contributed by atoms with Crippen molar-refractivity contribution >= 4 is 23.7 Å². The van der Waals surface area contributed by atoms with E-state index in [1.54, 1.807) is 19.3 Å². The van der Waals surface area contributed by atoms with Crippen molar-refractivity contribution in [3.05, 3.63) is 59.3 Å². The number of imidazole rings is 1. The van der Waals surface area contributed by atoms with Gasteiger partial charge in [-0.1, -0.05) is 13.0 Å². The van der Waals surface area contributed by atoms with E-state index in [2.05, 4.69) is 43.8 Å². The Bertz CT molecular complexity index is 1420. The van der Waals surface area contributed by atoms with Crippen molar-refractivity contribution in [2.75, 3.05) is 32.1 Å². The van der Waals surface area contributed by atoms with E-state index in [9.17, 15) is 4.39 Å². The third-order valence-corrected chi connectivity index (χ3v) is 7.58. The zero-order valence-corrected chi connectivity index (χ0v) is 24.2. The molecule has 1 aromatic carbocycles. The van der Waals surface area contributed by atoms with Crippen LogP contribution in [-0.4, -0.2) is 64.0 Å². The van der Waals surface area contributed by atoms with Crippen molar-refractivity contribution < 1.29 is 13.5 Å². The minimum atomic E-state index is -0.665. The van der Waals surface area contributed by atoms with Gasteiger partial charge < -0.3 is 19.5 Å². The fourth-order valence-corrected chi connectivity index (χ4v) is 5.56. The van der Waals surface area contributed by atoms with Crippen LogP contribution >= 0.6 is 0 Å². The second-order valence-electron chi connectivity index (χ2n) is 10.5. The highest BCUT2D eigenvalue weighted by molar-refractivity contribution is 5.83. The molecule has 0 saturated carbocycles. The van der Waals surface area contributed by atoms with Crippen LogP contribution in [-0.2, 0) is 4.74 Å². The lowest BCUT2D eigenvalue weighted by molar-refractivity contribution is 0.0459. The number of piperidine rings is 1. The van der Waals surface area contributed by atoms with Gasteiger partial charge in [-0.05, 0) is 96.6 Å². The first-order valence-corrected chi connectivity index (χ1v) is 13.7. The van der Waals surface area contributed by atoms with E-state index in [1.165, 1.54) is 6.07 Å². The quantitative estimate of drug-likeness (QED) is 0.235. The lowest BCUT2D eigenvalue weighted by Gasteiger charge is -2.35. The molecule has 1 N–H and O–H groups in total. The molecule has 8 nitrogen and oxygen atoms in total. The molecular formula is C30H39F2N7O. The summed E-state index contributed by atoms with van der Waals surface area (Å²) in [4.78, 5) is 19.3.